The molecule has 0 amide bonds. The van der Waals surface area contributed by atoms with Crippen LogP contribution < -0.4 is 5.73 Å². The summed E-state index contributed by atoms with van der Waals surface area (Å²) in [4.78, 5) is 0. The van der Waals surface area contributed by atoms with E-state index in [0.29, 0.717) is 10.9 Å². The molecule has 1 fully saturated rings. The summed E-state index contributed by atoms with van der Waals surface area (Å²) in [5.41, 5.74) is 6.85. The van der Waals surface area contributed by atoms with Gasteiger partial charge in [-0.15, -0.1) is 0 Å². The Balaban J connectivity index is 1.94. The largest absolute Gasteiger partial charge is 0.327 e. The maximum Gasteiger partial charge on any atom is 0.123 e. The first-order valence-electron chi connectivity index (χ1n) is 5.36. The summed E-state index contributed by atoms with van der Waals surface area (Å²) in [6.07, 6.45) is 4.16. The highest BCUT2D eigenvalue weighted by atomic mass is 35.5. The lowest BCUT2D eigenvalue weighted by Crippen LogP contribution is -2.22. The second-order valence-electron chi connectivity index (χ2n) is 4.28. The number of rotatable bonds is 4. The minimum Gasteiger partial charge on any atom is -0.327 e. The van der Waals surface area contributed by atoms with Gasteiger partial charge < -0.3 is 5.73 Å². The third kappa shape index (κ3) is 2.93. The van der Waals surface area contributed by atoms with Crippen molar-refractivity contribution in [1.29, 1.82) is 0 Å². The molecule has 1 unspecified atom stereocenters. The molecular weight excluding hydrogens is 213 g/mol. The van der Waals surface area contributed by atoms with Crippen molar-refractivity contribution in [3.8, 4) is 0 Å². The van der Waals surface area contributed by atoms with Crippen LogP contribution in [0.3, 0.4) is 0 Å². The summed E-state index contributed by atoms with van der Waals surface area (Å²) >= 11 is 5.97. The molecule has 0 saturated heterocycles. The van der Waals surface area contributed by atoms with Gasteiger partial charge in [-0.3, -0.25) is 0 Å². The summed E-state index contributed by atoms with van der Waals surface area (Å²) < 4.78 is 13.0. The van der Waals surface area contributed by atoms with E-state index in [2.05, 4.69) is 0 Å². The third-order valence-corrected chi connectivity index (χ3v) is 3.35. The van der Waals surface area contributed by atoms with Crippen LogP contribution in [0.2, 0.25) is 5.02 Å². The number of hydrogen-bond donors (Lipinski definition) is 1. The van der Waals surface area contributed by atoms with E-state index < -0.39 is 0 Å². The lowest BCUT2D eigenvalue weighted by Gasteiger charge is -2.10. The Morgan fingerprint density at radius 1 is 1.47 bits per heavy atom. The van der Waals surface area contributed by atoms with E-state index in [1.165, 1.54) is 25.0 Å². The van der Waals surface area contributed by atoms with Crippen molar-refractivity contribution in [1.82, 2.24) is 0 Å². The van der Waals surface area contributed by atoms with E-state index in [0.717, 1.165) is 18.4 Å². The van der Waals surface area contributed by atoms with Crippen LogP contribution in [0, 0.1) is 11.7 Å². The Bertz CT molecular complexity index is 349. The van der Waals surface area contributed by atoms with Gasteiger partial charge in [-0.25, -0.2) is 4.39 Å². The van der Waals surface area contributed by atoms with Gasteiger partial charge in [-0.2, -0.15) is 0 Å². The molecule has 15 heavy (non-hydrogen) atoms. The minimum absolute atomic E-state index is 0.227. The van der Waals surface area contributed by atoms with Crippen molar-refractivity contribution in [3.63, 3.8) is 0 Å². The molecule has 0 radical (unpaired) electrons. The van der Waals surface area contributed by atoms with E-state index >= 15 is 0 Å². The van der Waals surface area contributed by atoms with Gasteiger partial charge >= 0.3 is 0 Å². The highest BCUT2D eigenvalue weighted by Gasteiger charge is 2.27. The Morgan fingerprint density at radius 2 is 2.20 bits per heavy atom. The van der Waals surface area contributed by atoms with Crippen LogP contribution in [-0.2, 0) is 6.42 Å². The molecule has 0 aromatic heterocycles. The van der Waals surface area contributed by atoms with Crippen LogP contribution in [0.4, 0.5) is 4.39 Å². The fraction of sp³-hybridized carbons (Fsp3) is 0.500. The topological polar surface area (TPSA) is 26.0 Å². The molecule has 1 aliphatic carbocycles. The van der Waals surface area contributed by atoms with Gasteiger partial charge in [0, 0.05) is 11.1 Å². The lowest BCUT2D eigenvalue weighted by molar-refractivity contribution is 0.548. The van der Waals surface area contributed by atoms with Crippen LogP contribution in [0.25, 0.3) is 0 Å². The molecular formula is C12H15ClFN. The highest BCUT2D eigenvalue weighted by Crippen LogP contribution is 2.33. The van der Waals surface area contributed by atoms with Crippen LogP contribution in [0.15, 0.2) is 18.2 Å². The molecule has 0 spiro atoms. The standard InChI is InChI=1S/C12H15ClFN/c13-11-5-4-10(14)7-9(11)3-6-12(15)8-1-2-8/h4-5,7-8,12H,1-3,6,15H2. The summed E-state index contributed by atoms with van der Waals surface area (Å²) in [6, 6.07) is 4.74. The van der Waals surface area contributed by atoms with Crippen LogP contribution in [0.5, 0.6) is 0 Å². The maximum absolute atomic E-state index is 13.0. The third-order valence-electron chi connectivity index (χ3n) is 2.98. The zero-order chi connectivity index (χ0) is 10.8. The molecule has 0 bridgehead atoms. The summed E-state index contributed by atoms with van der Waals surface area (Å²) in [5.74, 6) is 0.465. The van der Waals surface area contributed by atoms with Crippen molar-refractivity contribution >= 4 is 11.6 Å². The summed E-state index contributed by atoms with van der Waals surface area (Å²) in [5, 5.41) is 0.638. The molecule has 1 atom stereocenters. The van der Waals surface area contributed by atoms with E-state index in [-0.39, 0.29) is 11.9 Å². The summed E-state index contributed by atoms with van der Waals surface area (Å²) in [6.45, 7) is 0. The molecule has 1 aromatic rings. The van der Waals surface area contributed by atoms with Crippen LogP contribution in [-0.4, -0.2) is 6.04 Å². The van der Waals surface area contributed by atoms with Gasteiger partial charge in [0.15, 0.2) is 0 Å². The predicted molar refractivity (Wildman–Crippen MR) is 60.4 cm³/mol. The normalized spacial score (nSPS) is 17.8. The molecule has 1 nitrogen and oxygen atoms in total. The molecule has 1 aliphatic rings. The molecule has 2 N–H and O–H groups in total. The van der Waals surface area contributed by atoms with E-state index in [4.69, 9.17) is 17.3 Å². The molecule has 0 heterocycles. The Kier molecular flexibility index (Phi) is 3.27. The molecule has 82 valence electrons. The first-order chi connectivity index (χ1) is 7.16. The molecule has 1 aromatic carbocycles. The average Bonchev–Trinajstić information content (AvgIpc) is 3.02. The Morgan fingerprint density at radius 3 is 2.87 bits per heavy atom. The van der Waals surface area contributed by atoms with Gasteiger partial charge in [-0.1, -0.05) is 11.6 Å². The number of aryl methyl sites for hydroxylation is 1. The average molecular weight is 228 g/mol. The van der Waals surface area contributed by atoms with Crippen molar-refractivity contribution in [2.75, 3.05) is 0 Å². The smallest absolute Gasteiger partial charge is 0.123 e. The zero-order valence-electron chi connectivity index (χ0n) is 8.55. The van der Waals surface area contributed by atoms with E-state index in [9.17, 15) is 4.39 Å². The highest BCUT2D eigenvalue weighted by molar-refractivity contribution is 6.31. The minimum atomic E-state index is -0.227. The second kappa shape index (κ2) is 4.50. The fourth-order valence-corrected chi connectivity index (χ4v) is 2.03. The fourth-order valence-electron chi connectivity index (χ4n) is 1.82. The van der Waals surface area contributed by atoms with E-state index in [1.54, 1.807) is 6.07 Å². The Labute approximate surface area is 94.4 Å². The van der Waals surface area contributed by atoms with Crippen LogP contribution >= 0.6 is 11.6 Å². The van der Waals surface area contributed by atoms with Gasteiger partial charge in [0.25, 0.3) is 0 Å². The van der Waals surface area contributed by atoms with Gasteiger partial charge in [-0.05, 0) is 55.4 Å². The van der Waals surface area contributed by atoms with Gasteiger partial charge in [0.2, 0.25) is 0 Å². The van der Waals surface area contributed by atoms with E-state index in [1.807, 2.05) is 0 Å². The number of halogens is 2. The molecule has 0 aliphatic heterocycles. The SMILES string of the molecule is NC(CCc1cc(F)ccc1Cl)C1CC1. The van der Waals surface area contributed by atoms with Crippen LogP contribution in [0.1, 0.15) is 24.8 Å². The molecule has 2 rings (SSSR count). The monoisotopic (exact) mass is 227 g/mol. The molecule has 1 saturated carbocycles. The van der Waals surface area contributed by atoms with Crippen molar-refractivity contribution < 1.29 is 4.39 Å². The van der Waals surface area contributed by atoms with Crippen molar-refractivity contribution in [2.24, 2.45) is 11.7 Å². The number of nitrogens with two attached hydrogens (primary N) is 1. The number of benzene rings is 1. The summed E-state index contributed by atoms with van der Waals surface area (Å²) in [7, 11) is 0. The first kappa shape index (κ1) is 10.9. The quantitative estimate of drug-likeness (QED) is 0.840. The van der Waals surface area contributed by atoms with Gasteiger partial charge in [0.05, 0.1) is 0 Å². The van der Waals surface area contributed by atoms with Gasteiger partial charge in [0.1, 0.15) is 5.82 Å². The lowest BCUT2D eigenvalue weighted by atomic mass is 10.0. The maximum atomic E-state index is 13.0. The zero-order valence-corrected chi connectivity index (χ0v) is 9.30. The number of hydrogen-bond acceptors (Lipinski definition) is 1. The van der Waals surface area contributed by atoms with Crippen molar-refractivity contribution in [3.05, 3.63) is 34.6 Å². The second-order valence-corrected chi connectivity index (χ2v) is 4.68. The predicted octanol–water partition coefficient (Wildman–Crippen LogP) is 3.15. The van der Waals surface area contributed by atoms with Crippen molar-refractivity contribution in [2.45, 2.75) is 31.7 Å². The molecule has 3 heteroatoms. The Hall–Kier alpha value is -0.600. The first-order valence-corrected chi connectivity index (χ1v) is 5.74.